The molecule has 0 spiro atoms. The molecule has 0 saturated carbocycles. The van der Waals surface area contributed by atoms with Crippen molar-refractivity contribution >= 4 is 119 Å². The Hall–Kier alpha value is -11.0. The molecule has 15 rings (SSSR count). The number of aryl methyl sites for hydroxylation is 5. The molecule has 6 aromatic carbocycles. The van der Waals surface area contributed by atoms with Crippen molar-refractivity contribution in [3.05, 3.63) is 219 Å². The predicted molar refractivity (Wildman–Crippen MR) is 471 cm³/mol. The van der Waals surface area contributed by atoms with Gasteiger partial charge < -0.3 is 71.4 Å². The quantitative estimate of drug-likeness (QED) is 0.00873. The SMILES string of the molecule is C1CCNCC1.C=C(C)C.C=CC#N.CC1=C(O)CCn2c1nc1c(N3CCCCC3)cccc12.CCCn1c(C)nc2c(N3CCCCC3)cccc21.Cc1nc2c(N3CCCCC3)cccc2n1CCC#N.Nc1cccc(Cl)c1[N+](=O)[O-].Nc1cccc(N2CCCCC2)c1[N+](=O)[O-].O=C(O)c1cccc(Cl)c1[N+](=O)[O-].[N-]=[N+]=[N-].[Na+]. The Morgan fingerprint density at radius 1 is 0.576 bits per heavy atom. The molecular formula is C85H110Cl2N21NaO9. The first-order chi connectivity index (χ1) is 56.3. The van der Waals surface area contributed by atoms with Crippen molar-refractivity contribution in [2.45, 2.75) is 177 Å². The summed E-state index contributed by atoms with van der Waals surface area (Å²) in [7, 11) is 0. The van der Waals surface area contributed by atoms with Gasteiger partial charge in [-0.25, -0.2) is 19.7 Å². The monoisotopic (exact) mass is 1660 g/mol. The molecule has 0 atom stereocenters. The number of benzene rings is 6. The number of carbonyl (C=O) groups is 1. The number of nitrogen functional groups attached to an aromatic ring is 2. The van der Waals surface area contributed by atoms with E-state index < -0.39 is 27.1 Å². The zero-order chi connectivity index (χ0) is 85.5. The average molecular weight is 1660 g/mol. The smallest absolute Gasteiger partial charge is 0.512 e. The minimum Gasteiger partial charge on any atom is -0.512 e. The summed E-state index contributed by atoms with van der Waals surface area (Å²) in [6.45, 7) is 32.7. The van der Waals surface area contributed by atoms with E-state index in [-0.39, 0.29) is 67.3 Å². The normalized spacial score (nSPS) is 14.4. The number of nitrogens with two attached hydrogens (primary N) is 2. The summed E-state index contributed by atoms with van der Waals surface area (Å²) in [6.07, 6.45) is 22.9. The standard InChI is InChI=1S/C17H21N3O.C16H20N4.C16H23N3.C11H15N3O2.C7H4ClNO4.C6H5ClN2O2.C5H11N.C4H8.C3H3N.N3.Na/c1-12-15(21)8-11-20-14-7-5-6-13(16(14)18-17(12)20)19-9-3-2-4-10-19;1-13-18-16-14(19-10-3-2-4-11-19)7-5-8-15(16)20(13)12-6-9-17;1-3-10-19-13(2)17-16-14(8-7-9-15(16)19)18-11-5-4-6-12-18;12-9-5-4-6-10(11(9)14(15)16)13-7-2-1-3-8-13;8-5-3-1-2-4(7(10)11)6(5)9(12)13;7-4-2-1-3-5(8)6(4)9(10)11;1-2-4-6-5-3-1;1-4(2)3;1-2-3-4;1-3-2;/h5-7,21H,2-4,8-11H2,1H3;5,7-8H,2-4,6,10-12H2,1H3;7-9H,3-6,10-12H2,1-2H3;4-6H,1-3,7-8,12H2;1-3H,(H,10,11);1-3H,8H2;6H,1-5H2;1H2,2-3H3;2H,1H2;;/q;;;;;;;;;-1;+1. The Bertz CT molecular complexity index is 4920. The Labute approximate surface area is 722 Å². The van der Waals surface area contributed by atoms with E-state index >= 15 is 0 Å². The van der Waals surface area contributed by atoms with Crippen LogP contribution in [-0.4, -0.2) is 125 Å². The van der Waals surface area contributed by atoms with Gasteiger partial charge in [-0.2, -0.15) is 10.5 Å². The van der Waals surface area contributed by atoms with Crippen molar-refractivity contribution in [3.63, 3.8) is 0 Å². The molecule has 9 heterocycles. The molecule has 30 nitrogen and oxygen atoms in total. The summed E-state index contributed by atoms with van der Waals surface area (Å²) in [5.74, 6) is 2.19. The molecule has 7 N–H and O–H groups in total. The molecule has 6 aliphatic heterocycles. The molecular weight excluding hydrogens is 1550 g/mol. The molecule has 624 valence electrons. The van der Waals surface area contributed by atoms with Gasteiger partial charge in [0.1, 0.15) is 72.5 Å². The summed E-state index contributed by atoms with van der Waals surface area (Å²) in [6, 6.07) is 36.7. The van der Waals surface area contributed by atoms with Crippen LogP contribution in [0.3, 0.4) is 0 Å². The first-order valence-electron chi connectivity index (χ1n) is 39.7. The summed E-state index contributed by atoms with van der Waals surface area (Å²) in [4.78, 5) is 65.8. The molecule has 6 aliphatic rings. The Morgan fingerprint density at radius 3 is 1.29 bits per heavy atom. The number of hydrogen-bond acceptors (Lipinski definition) is 20. The number of para-hydroxylation sites is 6. The molecule has 0 unspecified atom stereocenters. The van der Waals surface area contributed by atoms with Gasteiger partial charge in [0.05, 0.1) is 66.9 Å². The number of imidazole rings is 3. The minimum atomic E-state index is -1.37. The molecule has 9 aromatic rings. The summed E-state index contributed by atoms with van der Waals surface area (Å²) in [5.41, 5.74) is 37.2. The number of anilines is 6. The average Bonchev–Trinajstić information content (AvgIpc) is 1.61. The van der Waals surface area contributed by atoms with Gasteiger partial charge in [-0.3, -0.25) is 35.3 Å². The van der Waals surface area contributed by atoms with Crippen LogP contribution in [0.15, 0.2) is 140 Å². The van der Waals surface area contributed by atoms with Crippen LogP contribution < -0.4 is 65.9 Å². The number of nitrogens with one attached hydrogen (secondary N) is 1. The first kappa shape index (κ1) is 97.6. The number of fused-ring (bicyclic) bond motifs is 5. The molecule has 33 heteroatoms. The zero-order valence-corrected chi connectivity index (χ0v) is 72.5. The molecule has 5 saturated heterocycles. The van der Waals surface area contributed by atoms with Gasteiger partial charge in [-0.1, -0.05) is 85.1 Å². The number of aromatic carboxylic acids is 1. The van der Waals surface area contributed by atoms with Crippen LogP contribution in [0.4, 0.5) is 51.2 Å². The number of nitriles is 2. The van der Waals surface area contributed by atoms with E-state index in [1.165, 1.54) is 184 Å². The van der Waals surface area contributed by atoms with Crippen molar-refractivity contribution in [2.24, 2.45) is 0 Å². The zero-order valence-electron chi connectivity index (χ0n) is 69.0. The number of aliphatic hydroxyl groups excluding tert-OH is 1. The van der Waals surface area contributed by atoms with E-state index in [4.69, 9.17) is 76.3 Å². The number of nitrogens with zero attached hydrogens (tertiary/aromatic N) is 18. The summed E-state index contributed by atoms with van der Waals surface area (Å²) in [5, 5.41) is 69.7. The number of piperidine rings is 5. The fourth-order valence-electron chi connectivity index (χ4n) is 14.3. The maximum absolute atomic E-state index is 11.0. The Morgan fingerprint density at radius 2 is 0.932 bits per heavy atom. The largest absolute Gasteiger partial charge is 1.00 e. The van der Waals surface area contributed by atoms with Crippen LogP contribution in [0, 0.1) is 66.9 Å². The number of carboxylic acid groups (broad SMARTS) is 1. The summed E-state index contributed by atoms with van der Waals surface area (Å²) < 4.78 is 6.76. The molecule has 3 aromatic heterocycles. The van der Waals surface area contributed by atoms with Crippen molar-refractivity contribution in [1.82, 2.24) is 34.0 Å². The fourth-order valence-corrected chi connectivity index (χ4v) is 14.8. The van der Waals surface area contributed by atoms with Crippen LogP contribution in [0.25, 0.3) is 54.6 Å². The predicted octanol–water partition coefficient (Wildman–Crippen LogP) is 17.6. The van der Waals surface area contributed by atoms with Gasteiger partial charge in [-0.05, 0) is 217 Å². The van der Waals surface area contributed by atoms with E-state index in [1.54, 1.807) is 30.3 Å². The van der Waals surface area contributed by atoms with E-state index in [1.807, 2.05) is 27.7 Å². The van der Waals surface area contributed by atoms with Gasteiger partial charge in [0.15, 0.2) is 0 Å². The molecule has 0 aliphatic carbocycles. The number of nitro groups is 3. The maximum atomic E-state index is 11.0. The van der Waals surface area contributed by atoms with Crippen LogP contribution in [0.2, 0.25) is 10.0 Å². The minimum absolute atomic E-state index is 0. The van der Waals surface area contributed by atoms with Gasteiger partial charge in [0.2, 0.25) is 0 Å². The van der Waals surface area contributed by atoms with E-state index in [9.17, 15) is 40.2 Å². The number of hydrogen-bond donors (Lipinski definition) is 5. The number of carboxylic acids is 1. The van der Waals surface area contributed by atoms with E-state index in [2.05, 4.69) is 126 Å². The third-order valence-electron chi connectivity index (χ3n) is 19.8. The molecule has 0 bridgehead atoms. The Kier molecular flexibility index (Phi) is 42.4. The fraction of sp³-hybridized carbons (Fsp3) is 0.435. The number of nitro benzene ring substituents is 3. The van der Waals surface area contributed by atoms with E-state index in [0.717, 1.165) is 124 Å². The second-order valence-electron chi connectivity index (χ2n) is 28.6. The first-order valence-corrected chi connectivity index (χ1v) is 40.4. The van der Waals surface area contributed by atoms with Gasteiger partial charge in [0.25, 0.3) is 0 Å². The van der Waals surface area contributed by atoms with Crippen molar-refractivity contribution < 1.29 is 59.3 Å². The van der Waals surface area contributed by atoms with Crippen LogP contribution >= 0.6 is 23.2 Å². The summed E-state index contributed by atoms with van der Waals surface area (Å²) >= 11 is 11.0. The second kappa shape index (κ2) is 51.3. The topological polar surface area (TPSA) is 424 Å². The number of halogens is 2. The third-order valence-corrected chi connectivity index (χ3v) is 20.4. The molecule has 0 radical (unpaired) electrons. The number of aromatic nitrogens is 6. The third kappa shape index (κ3) is 28.4. The number of rotatable bonds is 12. The second-order valence-corrected chi connectivity index (χ2v) is 29.4. The van der Waals surface area contributed by atoms with Crippen LogP contribution in [-0.2, 0) is 19.6 Å². The van der Waals surface area contributed by atoms with Gasteiger partial charge in [-0.15, -0.1) is 6.58 Å². The van der Waals surface area contributed by atoms with Gasteiger partial charge >= 0.3 is 52.6 Å². The van der Waals surface area contributed by atoms with Crippen LogP contribution in [0.5, 0.6) is 0 Å². The number of allylic oxidation sites excluding steroid dienone is 4. The van der Waals surface area contributed by atoms with Crippen molar-refractivity contribution in [3.8, 4) is 12.1 Å². The van der Waals surface area contributed by atoms with Gasteiger partial charge in [0, 0.05) is 90.1 Å². The molecule has 5 fully saturated rings. The maximum Gasteiger partial charge on any atom is 1.00 e. The van der Waals surface area contributed by atoms with E-state index in [0.29, 0.717) is 24.3 Å². The van der Waals surface area contributed by atoms with Crippen molar-refractivity contribution in [1.29, 1.82) is 10.5 Å². The molecule has 118 heavy (non-hydrogen) atoms. The van der Waals surface area contributed by atoms with Crippen LogP contribution in [0.1, 0.15) is 171 Å². The Balaban J connectivity index is 0.000000244. The van der Waals surface area contributed by atoms with Crippen molar-refractivity contribution in [2.75, 3.05) is 96.5 Å². The number of aliphatic hydroxyl groups is 1. The molecule has 0 amide bonds.